The van der Waals surface area contributed by atoms with Gasteiger partial charge in [0.25, 0.3) is 5.88 Å². The molecule has 32 heavy (non-hydrogen) atoms. The summed E-state index contributed by atoms with van der Waals surface area (Å²) in [6.45, 7) is 2.71. The molecule has 0 aliphatic carbocycles. The van der Waals surface area contributed by atoms with Gasteiger partial charge in [-0.3, -0.25) is 4.98 Å². The Balaban J connectivity index is 1.66. The largest absolute Gasteiger partial charge is 0.491 e. The van der Waals surface area contributed by atoms with Crippen LogP contribution < -0.4 is 14.4 Å². The van der Waals surface area contributed by atoms with E-state index in [2.05, 4.69) is 9.88 Å². The van der Waals surface area contributed by atoms with Crippen molar-refractivity contribution in [1.82, 2.24) is 14.3 Å². The summed E-state index contributed by atoms with van der Waals surface area (Å²) in [5.74, 6) is 1.69. The monoisotopic (exact) mass is 462 g/mol. The first-order valence-corrected chi connectivity index (χ1v) is 12.7. The van der Waals surface area contributed by atoms with Crippen LogP contribution in [-0.4, -0.2) is 74.5 Å². The fraction of sp³-hybridized carbons (Fsp3) is 0.545. The number of pyridine rings is 2. The van der Waals surface area contributed by atoms with Gasteiger partial charge in [0.05, 0.1) is 26.6 Å². The molecule has 2 aromatic rings. The molecule has 4 rings (SSSR count). The van der Waals surface area contributed by atoms with E-state index in [9.17, 15) is 8.42 Å². The van der Waals surface area contributed by atoms with Gasteiger partial charge in [-0.05, 0) is 36.6 Å². The number of hydrogen-bond donors (Lipinski definition) is 0. The summed E-state index contributed by atoms with van der Waals surface area (Å²) in [6.07, 6.45) is 7.23. The molecule has 0 radical (unpaired) electrons. The summed E-state index contributed by atoms with van der Waals surface area (Å²) in [5.41, 5.74) is 1.02. The number of sulfonamides is 1. The van der Waals surface area contributed by atoms with Gasteiger partial charge in [-0.25, -0.2) is 12.7 Å². The normalized spacial score (nSPS) is 21.9. The number of aromatic nitrogens is 2. The lowest BCUT2D eigenvalue weighted by Crippen LogP contribution is -2.49. The number of rotatable bonds is 8. The standard InChI is InChI=1S/C22H30N4O5S/c1-29-20-7-8-21(24-22(20)31-19-9-12-30-16-19)26(14-17-5-3-10-23-13-17)18-6-4-11-25(15-18)32(2,27)28/h3,5,7-8,10,13,18-19H,4,6,9,11-12,14-16H2,1-2H3. The second-order valence-electron chi connectivity index (χ2n) is 8.19. The van der Waals surface area contributed by atoms with Crippen LogP contribution in [0.2, 0.25) is 0 Å². The summed E-state index contributed by atoms with van der Waals surface area (Å²) in [4.78, 5) is 11.2. The van der Waals surface area contributed by atoms with Crippen LogP contribution in [0.4, 0.5) is 5.82 Å². The number of nitrogens with zero attached hydrogens (tertiary/aromatic N) is 4. The van der Waals surface area contributed by atoms with Crippen LogP contribution in [0.5, 0.6) is 11.6 Å². The van der Waals surface area contributed by atoms with Crippen molar-refractivity contribution in [2.75, 3.05) is 44.6 Å². The van der Waals surface area contributed by atoms with E-state index in [1.54, 1.807) is 17.6 Å². The van der Waals surface area contributed by atoms with Gasteiger partial charge >= 0.3 is 0 Å². The van der Waals surface area contributed by atoms with Gasteiger partial charge in [0.2, 0.25) is 10.0 Å². The molecule has 2 aromatic heterocycles. The number of anilines is 1. The van der Waals surface area contributed by atoms with Crippen LogP contribution >= 0.6 is 0 Å². The average molecular weight is 463 g/mol. The van der Waals surface area contributed by atoms with Gasteiger partial charge in [0, 0.05) is 44.5 Å². The molecular weight excluding hydrogens is 432 g/mol. The lowest BCUT2D eigenvalue weighted by atomic mass is 10.0. The fourth-order valence-electron chi connectivity index (χ4n) is 4.14. The highest BCUT2D eigenvalue weighted by Gasteiger charge is 2.31. The lowest BCUT2D eigenvalue weighted by molar-refractivity contribution is 0.135. The van der Waals surface area contributed by atoms with Crippen molar-refractivity contribution in [3.63, 3.8) is 0 Å². The summed E-state index contributed by atoms with van der Waals surface area (Å²) in [7, 11) is -1.68. The van der Waals surface area contributed by atoms with Crippen LogP contribution in [-0.2, 0) is 21.3 Å². The third kappa shape index (κ3) is 5.48. The van der Waals surface area contributed by atoms with Gasteiger partial charge < -0.3 is 19.1 Å². The summed E-state index contributed by atoms with van der Waals surface area (Å²) >= 11 is 0. The van der Waals surface area contributed by atoms with Crippen molar-refractivity contribution in [3.8, 4) is 11.6 Å². The first-order valence-electron chi connectivity index (χ1n) is 10.8. The van der Waals surface area contributed by atoms with Gasteiger partial charge in [-0.15, -0.1) is 0 Å². The third-order valence-corrected chi connectivity index (χ3v) is 7.11. The molecule has 4 heterocycles. The van der Waals surface area contributed by atoms with Crippen LogP contribution in [0, 0.1) is 0 Å². The highest BCUT2D eigenvalue weighted by molar-refractivity contribution is 7.88. The minimum atomic E-state index is -3.27. The molecule has 10 heteroatoms. The summed E-state index contributed by atoms with van der Waals surface area (Å²) < 4.78 is 43.0. The Labute approximate surface area is 189 Å². The molecule has 2 fully saturated rings. The smallest absolute Gasteiger partial charge is 0.259 e. The summed E-state index contributed by atoms with van der Waals surface area (Å²) in [6, 6.07) is 7.62. The van der Waals surface area contributed by atoms with E-state index in [4.69, 9.17) is 19.2 Å². The number of hydrogen-bond acceptors (Lipinski definition) is 8. The number of methoxy groups -OCH3 is 1. The SMILES string of the molecule is COc1ccc(N(Cc2cccnc2)C2CCCN(S(C)(=O)=O)C2)nc1OC1CCOC1. The van der Waals surface area contributed by atoms with Crippen LogP contribution in [0.15, 0.2) is 36.7 Å². The highest BCUT2D eigenvalue weighted by Crippen LogP contribution is 2.32. The summed E-state index contributed by atoms with van der Waals surface area (Å²) in [5, 5.41) is 0. The molecule has 2 saturated heterocycles. The topological polar surface area (TPSA) is 94.1 Å². The van der Waals surface area contributed by atoms with E-state index >= 15 is 0 Å². The van der Waals surface area contributed by atoms with Gasteiger partial charge in [-0.2, -0.15) is 4.98 Å². The molecule has 0 saturated carbocycles. The number of ether oxygens (including phenoxy) is 3. The molecule has 0 aromatic carbocycles. The fourth-order valence-corrected chi connectivity index (χ4v) is 5.05. The van der Waals surface area contributed by atoms with E-state index in [-0.39, 0.29) is 12.1 Å². The zero-order valence-electron chi connectivity index (χ0n) is 18.5. The van der Waals surface area contributed by atoms with Crippen LogP contribution in [0.1, 0.15) is 24.8 Å². The molecule has 0 amide bonds. The molecule has 9 nitrogen and oxygen atoms in total. The lowest BCUT2D eigenvalue weighted by Gasteiger charge is -2.39. The number of piperidine rings is 1. The van der Waals surface area contributed by atoms with Crippen molar-refractivity contribution < 1.29 is 22.6 Å². The first-order chi connectivity index (χ1) is 15.4. The first kappa shape index (κ1) is 22.8. The molecule has 0 spiro atoms. The van der Waals surface area contributed by atoms with Crippen molar-refractivity contribution in [3.05, 3.63) is 42.2 Å². The Kier molecular flexibility index (Phi) is 7.12. The Bertz CT molecular complexity index is 999. The van der Waals surface area contributed by atoms with Crippen molar-refractivity contribution in [1.29, 1.82) is 0 Å². The van der Waals surface area contributed by atoms with Crippen LogP contribution in [0.3, 0.4) is 0 Å². The molecule has 2 aliphatic rings. The maximum absolute atomic E-state index is 12.2. The van der Waals surface area contributed by atoms with Crippen LogP contribution in [0.25, 0.3) is 0 Å². The van der Waals surface area contributed by atoms with Crippen molar-refractivity contribution in [2.24, 2.45) is 0 Å². The van der Waals surface area contributed by atoms with E-state index in [0.717, 1.165) is 24.8 Å². The minimum Gasteiger partial charge on any atom is -0.491 e. The molecule has 2 aliphatic heterocycles. The van der Waals surface area contributed by atoms with E-state index < -0.39 is 10.0 Å². The maximum atomic E-state index is 12.2. The van der Waals surface area contributed by atoms with Gasteiger partial charge in [0.15, 0.2) is 5.75 Å². The molecule has 174 valence electrons. The zero-order chi connectivity index (χ0) is 22.6. The second-order valence-corrected chi connectivity index (χ2v) is 10.2. The van der Waals surface area contributed by atoms with E-state index in [0.29, 0.717) is 50.3 Å². The third-order valence-electron chi connectivity index (χ3n) is 5.84. The minimum absolute atomic E-state index is 0.0257. The van der Waals surface area contributed by atoms with E-state index in [1.165, 1.54) is 6.26 Å². The molecule has 0 N–H and O–H groups in total. The van der Waals surface area contributed by atoms with E-state index in [1.807, 2.05) is 30.5 Å². The quantitative estimate of drug-likeness (QED) is 0.589. The van der Waals surface area contributed by atoms with Crippen molar-refractivity contribution in [2.45, 2.75) is 38.0 Å². The molecule has 2 unspecified atom stereocenters. The Morgan fingerprint density at radius 3 is 2.84 bits per heavy atom. The highest BCUT2D eigenvalue weighted by atomic mass is 32.2. The zero-order valence-corrected chi connectivity index (χ0v) is 19.3. The molecule has 0 bridgehead atoms. The maximum Gasteiger partial charge on any atom is 0.259 e. The average Bonchev–Trinajstić information content (AvgIpc) is 3.31. The predicted molar refractivity (Wildman–Crippen MR) is 120 cm³/mol. The van der Waals surface area contributed by atoms with Gasteiger partial charge in [0.1, 0.15) is 11.9 Å². The Morgan fingerprint density at radius 2 is 2.16 bits per heavy atom. The molecular formula is C22H30N4O5S. The van der Waals surface area contributed by atoms with Crippen molar-refractivity contribution >= 4 is 15.8 Å². The Morgan fingerprint density at radius 1 is 1.28 bits per heavy atom. The van der Waals surface area contributed by atoms with Gasteiger partial charge in [-0.1, -0.05) is 6.07 Å². The Hall–Kier alpha value is -2.43. The second kappa shape index (κ2) is 10.0. The molecule has 2 atom stereocenters. The predicted octanol–water partition coefficient (Wildman–Crippen LogP) is 2.08.